The Balaban J connectivity index is 2.07. The van der Waals surface area contributed by atoms with Crippen molar-refractivity contribution in [3.8, 4) is 0 Å². The van der Waals surface area contributed by atoms with Crippen LogP contribution in [0.3, 0.4) is 0 Å². The van der Waals surface area contributed by atoms with E-state index in [0.717, 1.165) is 5.69 Å². The zero-order valence-electron chi connectivity index (χ0n) is 10.7. The van der Waals surface area contributed by atoms with E-state index >= 15 is 0 Å². The molecule has 1 fully saturated rings. The molecule has 102 valence electrons. The van der Waals surface area contributed by atoms with Crippen LogP contribution in [0.25, 0.3) is 0 Å². The largest absolute Gasteiger partial charge is 0.481 e. The number of hydrogen-bond donors (Lipinski definition) is 2. The molecular weight excluding hydrogens is 246 g/mol. The highest BCUT2D eigenvalue weighted by Crippen LogP contribution is 2.12. The lowest BCUT2D eigenvalue weighted by atomic mass is 10.1. The number of pyridine rings is 1. The molecule has 6 heteroatoms. The SMILES string of the molecule is CC1CN(Cc2ccccn2)C(=O)C(CC(=O)O)N1. The minimum atomic E-state index is -0.974. The molecule has 0 bridgehead atoms. The molecule has 1 aliphatic rings. The number of hydrogen-bond acceptors (Lipinski definition) is 4. The lowest BCUT2D eigenvalue weighted by Crippen LogP contribution is -2.59. The summed E-state index contributed by atoms with van der Waals surface area (Å²) >= 11 is 0. The van der Waals surface area contributed by atoms with E-state index in [1.165, 1.54) is 0 Å². The number of carbonyl (C=O) groups is 2. The number of nitrogens with one attached hydrogen (secondary N) is 1. The van der Waals surface area contributed by atoms with Crippen molar-refractivity contribution >= 4 is 11.9 Å². The molecule has 2 atom stereocenters. The van der Waals surface area contributed by atoms with Crippen LogP contribution < -0.4 is 5.32 Å². The fraction of sp³-hybridized carbons (Fsp3) is 0.462. The first-order valence-corrected chi connectivity index (χ1v) is 6.23. The Bertz CT molecular complexity index is 463. The lowest BCUT2D eigenvalue weighted by Gasteiger charge is -2.36. The smallest absolute Gasteiger partial charge is 0.305 e. The summed E-state index contributed by atoms with van der Waals surface area (Å²) in [5.41, 5.74) is 0.805. The van der Waals surface area contributed by atoms with Crippen molar-refractivity contribution in [3.05, 3.63) is 30.1 Å². The second-order valence-corrected chi connectivity index (χ2v) is 4.76. The number of piperazine rings is 1. The van der Waals surface area contributed by atoms with Crippen molar-refractivity contribution in [3.63, 3.8) is 0 Å². The van der Waals surface area contributed by atoms with Crippen LogP contribution in [0.4, 0.5) is 0 Å². The Morgan fingerprint density at radius 1 is 1.58 bits per heavy atom. The van der Waals surface area contributed by atoms with Gasteiger partial charge in [0.25, 0.3) is 0 Å². The molecule has 1 saturated heterocycles. The van der Waals surface area contributed by atoms with Gasteiger partial charge in [-0.25, -0.2) is 0 Å². The van der Waals surface area contributed by atoms with Crippen LogP contribution in [0, 0.1) is 0 Å². The highest BCUT2D eigenvalue weighted by molar-refractivity contribution is 5.86. The molecule has 0 aliphatic carbocycles. The minimum Gasteiger partial charge on any atom is -0.481 e. The van der Waals surface area contributed by atoms with Crippen LogP contribution in [0.1, 0.15) is 19.0 Å². The number of carboxylic acid groups (broad SMARTS) is 1. The van der Waals surface area contributed by atoms with Crippen molar-refractivity contribution in [2.75, 3.05) is 6.54 Å². The van der Waals surface area contributed by atoms with Crippen LogP contribution >= 0.6 is 0 Å². The van der Waals surface area contributed by atoms with E-state index in [1.807, 2.05) is 25.1 Å². The summed E-state index contributed by atoms with van der Waals surface area (Å²) in [4.78, 5) is 28.8. The summed E-state index contributed by atoms with van der Waals surface area (Å²) in [5, 5.41) is 11.8. The minimum absolute atomic E-state index is 0.0748. The third-order valence-electron chi connectivity index (χ3n) is 3.05. The molecule has 2 N–H and O–H groups in total. The van der Waals surface area contributed by atoms with E-state index in [1.54, 1.807) is 11.1 Å². The van der Waals surface area contributed by atoms with Gasteiger partial charge < -0.3 is 15.3 Å². The molecule has 2 rings (SSSR count). The van der Waals surface area contributed by atoms with Crippen LogP contribution in [0.2, 0.25) is 0 Å². The highest BCUT2D eigenvalue weighted by Gasteiger charge is 2.33. The Labute approximate surface area is 111 Å². The van der Waals surface area contributed by atoms with Crippen molar-refractivity contribution < 1.29 is 14.7 Å². The first-order chi connectivity index (χ1) is 9.06. The number of nitrogens with zero attached hydrogens (tertiary/aromatic N) is 2. The van der Waals surface area contributed by atoms with Gasteiger partial charge in [0.15, 0.2) is 0 Å². The average molecular weight is 263 g/mol. The van der Waals surface area contributed by atoms with Crippen LogP contribution in [-0.2, 0) is 16.1 Å². The third kappa shape index (κ3) is 3.51. The normalized spacial score (nSPS) is 23.4. The Morgan fingerprint density at radius 3 is 3.00 bits per heavy atom. The van der Waals surface area contributed by atoms with E-state index in [-0.39, 0.29) is 18.4 Å². The number of carbonyl (C=O) groups excluding carboxylic acids is 1. The predicted molar refractivity (Wildman–Crippen MR) is 68.3 cm³/mol. The van der Waals surface area contributed by atoms with Gasteiger partial charge in [0.1, 0.15) is 0 Å². The molecule has 2 heterocycles. The van der Waals surface area contributed by atoms with E-state index in [2.05, 4.69) is 10.3 Å². The van der Waals surface area contributed by atoms with Gasteiger partial charge in [0, 0.05) is 18.8 Å². The molecule has 6 nitrogen and oxygen atoms in total. The predicted octanol–water partition coefficient (Wildman–Crippen LogP) is 0.245. The Kier molecular flexibility index (Phi) is 4.11. The molecule has 0 aromatic carbocycles. The first kappa shape index (κ1) is 13.5. The fourth-order valence-corrected chi connectivity index (χ4v) is 2.26. The van der Waals surface area contributed by atoms with Crippen molar-refractivity contribution in [1.82, 2.24) is 15.2 Å². The third-order valence-corrected chi connectivity index (χ3v) is 3.05. The van der Waals surface area contributed by atoms with Crippen molar-refractivity contribution in [1.29, 1.82) is 0 Å². The Hall–Kier alpha value is -1.95. The van der Waals surface area contributed by atoms with Crippen molar-refractivity contribution in [2.45, 2.75) is 32.0 Å². The maximum atomic E-state index is 12.2. The number of carboxylic acids is 1. The lowest BCUT2D eigenvalue weighted by molar-refractivity contribution is -0.145. The summed E-state index contributed by atoms with van der Waals surface area (Å²) in [6.45, 7) is 2.92. The molecule has 0 radical (unpaired) electrons. The summed E-state index contributed by atoms with van der Waals surface area (Å²) in [5.74, 6) is -1.15. The number of amides is 1. The quantitative estimate of drug-likeness (QED) is 0.813. The van der Waals surface area contributed by atoms with Gasteiger partial charge in [-0.2, -0.15) is 0 Å². The molecular formula is C13H17N3O3. The van der Waals surface area contributed by atoms with Gasteiger partial charge >= 0.3 is 5.97 Å². The number of aliphatic carboxylic acids is 1. The van der Waals surface area contributed by atoms with Crippen LogP contribution in [0.15, 0.2) is 24.4 Å². The number of rotatable bonds is 4. The maximum absolute atomic E-state index is 12.2. The molecule has 1 amide bonds. The first-order valence-electron chi connectivity index (χ1n) is 6.23. The van der Waals surface area contributed by atoms with Gasteiger partial charge in [0.2, 0.25) is 5.91 Å². The molecule has 1 aromatic heterocycles. The summed E-state index contributed by atoms with van der Waals surface area (Å²) < 4.78 is 0. The molecule has 19 heavy (non-hydrogen) atoms. The monoisotopic (exact) mass is 263 g/mol. The van der Waals surface area contributed by atoms with Crippen LogP contribution in [0.5, 0.6) is 0 Å². The molecule has 1 aromatic rings. The van der Waals surface area contributed by atoms with Gasteiger partial charge in [-0.3, -0.25) is 14.6 Å². The second-order valence-electron chi connectivity index (χ2n) is 4.76. The molecule has 1 aliphatic heterocycles. The fourth-order valence-electron chi connectivity index (χ4n) is 2.26. The maximum Gasteiger partial charge on any atom is 0.305 e. The zero-order chi connectivity index (χ0) is 13.8. The molecule has 0 spiro atoms. The van der Waals surface area contributed by atoms with E-state index in [4.69, 9.17) is 5.11 Å². The van der Waals surface area contributed by atoms with Gasteiger partial charge in [-0.05, 0) is 19.1 Å². The molecule has 2 unspecified atom stereocenters. The standard InChI is InChI=1S/C13H17N3O3/c1-9-7-16(8-10-4-2-3-5-14-10)13(19)11(15-9)6-12(17)18/h2-5,9,11,15H,6-8H2,1H3,(H,17,18). The zero-order valence-corrected chi connectivity index (χ0v) is 10.7. The van der Waals surface area contributed by atoms with Gasteiger partial charge in [0.05, 0.1) is 24.7 Å². The molecule has 0 saturated carbocycles. The van der Waals surface area contributed by atoms with Gasteiger partial charge in [-0.1, -0.05) is 6.07 Å². The summed E-state index contributed by atoms with van der Waals surface area (Å²) in [6.07, 6.45) is 1.49. The van der Waals surface area contributed by atoms with Gasteiger partial charge in [-0.15, -0.1) is 0 Å². The summed E-state index contributed by atoms with van der Waals surface area (Å²) in [6, 6.07) is 4.97. The van der Waals surface area contributed by atoms with E-state index < -0.39 is 12.0 Å². The number of aromatic nitrogens is 1. The van der Waals surface area contributed by atoms with Crippen LogP contribution in [-0.4, -0.2) is 45.5 Å². The summed E-state index contributed by atoms with van der Waals surface area (Å²) in [7, 11) is 0. The van der Waals surface area contributed by atoms with Crippen molar-refractivity contribution in [2.24, 2.45) is 0 Å². The average Bonchev–Trinajstić information content (AvgIpc) is 2.35. The second kappa shape index (κ2) is 5.79. The van der Waals surface area contributed by atoms with E-state index in [9.17, 15) is 9.59 Å². The Morgan fingerprint density at radius 2 is 2.37 bits per heavy atom. The van der Waals surface area contributed by atoms with E-state index in [0.29, 0.717) is 13.1 Å². The topological polar surface area (TPSA) is 82.5 Å². The highest BCUT2D eigenvalue weighted by atomic mass is 16.4.